The number of carboxylic acid groups (broad SMARTS) is 1. The SMILES string of the molecule is CC(C)n1cnnc1-c1cccc(NC(=O)c2ccc3c(c2)CN(C(=O)O)C3)n1. The Bertz CT molecular complexity index is 1090. The Morgan fingerprint density at radius 2 is 1.93 bits per heavy atom. The number of amides is 2. The maximum Gasteiger partial charge on any atom is 0.407 e. The smallest absolute Gasteiger partial charge is 0.407 e. The van der Waals surface area contributed by atoms with Gasteiger partial charge < -0.3 is 15.0 Å². The number of anilines is 1. The normalized spacial score (nSPS) is 12.9. The maximum atomic E-state index is 12.7. The molecule has 3 aromatic rings. The fraction of sp³-hybridized carbons (Fsp3) is 0.250. The highest BCUT2D eigenvalue weighted by Gasteiger charge is 2.23. The average molecular weight is 392 g/mol. The standard InChI is InChI=1S/C20H20N6O3/c1-12(2)26-11-21-24-18(26)16-4-3-5-17(22-16)23-19(27)13-6-7-14-9-25(20(28)29)10-15(14)8-13/h3-8,11-12H,9-10H2,1-2H3,(H,28,29)(H,22,23,27). The number of carbonyl (C=O) groups is 2. The Morgan fingerprint density at radius 3 is 2.69 bits per heavy atom. The lowest BCUT2D eigenvalue weighted by molar-refractivity contribution is 0.102. The fourth-order valence-corrected chi connectivity index (χ4v) is 3.29. The molecule has 3 heterocycles. The molecule has 1 aliphatic heterocycles. The van der Waals surface area contributed by atoms with Crippen molar-refractivity contribution in [1.82, 2.24) is 24.6 Å². The number of fused-ring (bicyclic) bond motifs is 1. The number of benzene rings is 1. The highest BCUT2D eigenvalue weighted by atomic mass is 16.4. The molecule has 9 heteroatoms. The molecule has 0 radical (unpaired) electrons. The van der Waals surface area contributed by atoms with Crippen molar-refractivity contribution in [1.29, 1.82) is 0 Å². The number of pyridine rings is 1. The summed E-state index contributed by atoms with van der Waals surface area (Å²) < 4.78 is 1.91. The summed E-state index contributed by atoms with van der Waals surface area (Å²) in [7, 11) is 0. The summed E-state index contributed by atoms with van der Waals surface area (Å²) in [6, 6.07) is 10.7. The van der Waals surface area contributed by atoms with Crippen molar-refractivity contribution >= 4 is 17.8 Å². The molecule has 2 N–H and O–H groups in total. The molecule has 0 aliphatic carbocycles. The number of rotatable bonds is 4. The van der Waals surface area contributed by atoms with Crippen LogP contribution < -0.4 is 5.32 Å². The molecule has 2 aromatic heterocycles. The van der Waals surface area contributed by atoms with Crippen LogP contribution in [-0.2, 0) is 13.1 Å². The monoisotopic (exact) mass is 392 g/mol. The number of hydrogen-bond acceptors (Lipinski definition) is 5. The van der Waals surface area contributed by atoms with Crippen LogP contribution in [0, 0.1) is 0 Å². The molecule has 148 valence electrons. The predicted molar refractivity (Wildman–Crippen MR) is 105 cm³/mol. The molecule has 29 heavy (non-hydrogen) atoms. The van der Waals surface area contributed by atoms with Crippen molar-refractivity contribution in [2.24, 2.45) is 0 Å². The molecule has 0 spiro atoms. The minimum absolute atomic E-state index is 0.178. The molecule has 0 unspecified atom stereocenters. The van der Waals surface area contributed by atoms with Crippen LogP contribution in [0.25, 0.3) is 11.5 Å². The third-order valence-electron chi connectivity index (χ3n) is 4.81. The van der Waals surface area contributed by atoms with Crippen molar-refractivity contribution in [2.75, 3.05) is 5.32 Å². The van der Waals surface area contributed by atoms with E-state index in [-0.39, 0.29) is 18.5 Å². The molecule has 1 aromatic carbocycles. The minimum atomic E-state index is -0.970. The van der Waals surface area contributed by atoms with Gasteiger partial charge in [0, 0.05) is 24.7 Å². The van der Waals surface area contributed by atoms with Crippen molar-refractivity contribution in [3.05, 3.63) is 59.4 Å². The summed E-state index contributed by atoms with van der Waals surface area (Å²) in [6.45, 7) is 4.67. The van der Waals surface area contributed by atoms with E-state index in [2.05, 4.69) is 20.5 Å². The maximum absolute atomic E-state index is 12.7. The van der Waals surface area contributed by atoms with E-state index >= 15 is 0 Å². The minimum Gasteiger partial charge on any atom is -0.465 e. The number of aromatic nitrogens is 4. The number of hydrogen-bond donors (Lipinski definition) is 2. The quantitative estimate of drug-likeness (QED) is 0.705. The molecule has 0 saturated heterocycles. The second-order valence-corrected chi connectivity index (χ2v) is 7.14. The van der Waals surface area contributed by atoms with E-state index in [1.165, 1.54) is 4.90 Å². The van der Waals surface area contributed by atoms with Gasteiger partial charge in [-0.05, 0) is 49.2 Å². The number of nitrogens with zero attached hydrogens (tertiary/aromatic N) is 5. The van der Waals surface area contributed by atoms with E-state index in [1.807, 2.05) is 24.5 Å². The van der Waals surface area contributed by atoms with Gasteiger partial charge in [-0.2, -0.15) is 0 Å². The van der Waals surface area contributed by atoms with Gasteiger partial charge in [0.25, 0.3) is 5.91 Å². The molecule has 2 amide bonds. The lowest BCUT2D eigenvalue weighted by atomic mass is 10.1. The van der Waals surface area contributed by atoms with Crippen LogP contribution in [0.3, 0.4) is 0 Å². The lowest BCUT2D eigenvalue weighted by Crippen LogP contribution is -2.22. The first kappa shape index (κ1) is 18.6. The van der Waals surface area contributed by atoms with Crippen LogP contribution in [0.15, 0.2) is 42.7 Å². The highest BCUT2D eigenvalue weighted by Crippen LogP contribution is 2.25. The zero-order valence-corrected chi connectivity index (χ0v) is 16.0. The van der Waals surface area contributed by atoms with Crippen molar-refractivity contribution < 1.29 is 14.7 Å². The van der Waals surface area contributed by atoms with Gasteiger partial charge in [0.05, 0.1) is 0 Å². The summed E-state index contributed by atoms with van der Waals surface area (Å²) in [4.78, 5) is 29.6. The molecule has 0 fully saturated rings. The Balaban J connectivity index is 1.54. The summed E-state index contributed by atoms with van der Waals surface area (Å²) >= 11 is 0. The molecular weight excluding hydrogens is 372 g/mol. The van der Waals surface area contributed by atoms with Crippen LogP contribution in [0.4, 0.5) is 10.6 Å². The first-order valence-electron chi connectivity index (χ1n) is 9.20. The Labute approximate surface area is 167 Å². The molecule has 9 nitrogen and oxygen atoms in total. The van der Waals surface area contributed by atoms with Gasteiger partial charge in [0.2, 0.25) is 0 Å². The topological polar surface area (TPSA) is 113 Å². The van der Waals surface area contributed by atoms with E-state index in [0.29, 0.717) is 29.4 Å². The van der Waals surface area contributed by atoms with E-state index < -0.39 is 6.09 Å². The molecule has 0 bridgehead atoms. The Hall–Kier alpha value is -3.75. The molecule has 0 atom stereocenters. The molecule has 1 aliphatic rings. The van der Waals surface area contributed by atoms with Gasteiger partial charge in [0.15, 0.2) is 5.82 Å². The van der Waals surface area contributed by atoms with Gasteiger partial charge in [-0.3, -0.25) is 9.69 Å². The number of nitrogens with one attached hydrogen (secondary N) is 1. The summed E-state index contributed by atoms with van der Waals surface area (Å²) in [5.41, 5.74) is 2.82. The van der Waals surface area contributed by atoms with Gasteiger partial charge in [-0.25, -0.2) is 9.78 Å². The van der Waals surface area contributed by atoms with Crippen LogP contribution >= 0.6 is 0 Å². The van der Waals surface area contributed by atoms with Crippen LogP contribution in [-0.4, -0.2) is 41.8 Å². The number of carbonyl (C=O) groups excluding carboxylic acids is 1. The highest BCUT2D eigenvalue weighted by molar-refractivity contribution is 6.04. The second-order valence-electron chi connectivity index (χ2n) is 7.14. The largest absolute Gasteiger partial charge is 0.465 e. The van der Waals surface area contributed by atoms with Gasteiger partial charge in [-0.15, -0.1) is 10.2 Å². The van der Waals surface area contributed by atoms with Gasteiger partial charge in [0.1, 0.15) is 17.8 Å². The lowest BCUT2D eigenvalue weighted by Gasteiger charge is -2.11. The third kappa shape index (κ3) is 3.66. The first-order valence-corrected chi connectivity index (χ1v) is 9.20. The molecular formula is C20H20N6O3. The molecule has 0 saturated carbocycles. The predicted octanol–water partition coefficient (Wildman–Crippen LogP) is 3.17. The zero-order chi connectivity index (χ0) is 20.5. The van der Waals surface area contributed by atoms with E-state index in [9.17, 15) is 9.59 Å². The van der Waals surface area contributed by atoms with E-state index in [1.54, 1.807) is 36.7 Å². The zero-order valence-electron chi connectivity index (χ0n) is 16.0. The third-order valence-corrected chi connectivity index (χ3v) is 4.81. The summed E-state index contributed by atoms with van der Waals surface area (Å²) in [5, 5.41) is 20.0. The van der Waals surface area contributed by atoms with Crippen molar-refractivity contribution in [2.45, 2.75) is 33.0 Å². The van der Waals surface area contributed by atoms with Crippen molar-refractivity contribution in [3.8, 4) is 11.5 Å². The fourth-order valence-electron chi connectivity index (χ4n) is 3.29. The summed E-state index contributed by atoms with van der Waals surface area (Å²) in [6.07, 6.45) is 0.681. The van der Waals surface area contributed by atoms with Crippen LogP contribution in [0.1, 0.15) is 41.4 Å². The first-order chi connectivity index (χ1) is 13.9. The van der Waals surface area contributed by atoms with E-state index in [0.717, 1.165) is 11.1 Å². The van der Waals surface area contributed by atoms with Gasteiger partial charge in [-0.1, -0.05) is 12.1 Å². The summed E-state index contributed by atoms with van der Waals surface area (Å²) in [5.74, 6) is 0.720. The van der Waals surface area contributed by atoms with Gasteiger partial charge >= 0.3 is 6.09 Å². The Morgan fingerprint density at radius 1 is 1.14 bits per heavy atom. The van der Waals surface area contributed by atoms with Crippen LogP contribution in [0.5, 0.6) is 0 Å². The van der Waals surface area contributed by atoms with Crippen LogP contribution in [0.2, 0.25) is 0 Å². The van der Waals surface area contributed by atoms with Crippen molar-refractivity contribution in [3.63, 3.8) is 0 Å². The molecule has 4 rings (SSSR count). The van der Waals surface area contributed by atoms with E-state index in [4.69, 9.17) is 5.11 Å². The second kappa shape index (κ2) is 7.34. The Kier molecular flexibility index (Phi) is 4.71. The average Bonchev–Trinajstić information content (AvgIpc) is 3.34.